The van der Waals surface area contributed by atoms with Crippen LogP contribution in [0.25, 0.3) is 5.69 Å². The molecular formula is C23H23ClN4O3S. The molecule has 0 radical (unpaired) electrons. The molecule has 32 heavy (non-hydrogen) atoms. The number of benzene rings is 2. The van der Waals surface area contributed by atoms with Gasteiger partial charge in [-0.3, -0.25) is 4.79 Å². The van der Waals surface area contributed by atoms with Crippen molar-refractivity contribution in [3.05, 3.63) is 71.0 Å². The van der Waals surface area contributed by atoms with Gasteiger partial charge in [0.1, 0.15) is 10.6 Å². The Morgan fingerprint density at radius 2 is 1.75 bits per heavy atom. The Bertz CT molecular complexity index is 1260. The van der Waals surface area contributed by atoms with Crippen LogP contribution in [0.15, 0.2) is 59.5 Å². The average Bonchev–Trinajstić information content (AvgIpc) is 3.30. The van der Waals surface area contributed by atoms with Crippen LogP contribution in [-0.2, 0) is 10.0 Å². The highest BCUT2D eigenvalue weighted by Gasteiger charge is 2.31. The first-order chi connectivity index (χ1) is 15.4. The molecule has 1 aliphatic carbocycles. The lowest BCUT2D eigenvalue weighted by Crippen LogP contribution is -2.28. The molecule has 2 fully saturated rings. The number of hydrogen-bond donors (Lipinski definition) is 1. The lowest BCUT2D eigenvalue weighted by atomic mass is 10.2. The number of nitrogens with zero attached hydrogens (tertiary/aromatic N) is 3. The Labute approximate surface area is 192 Å². The molecule has 9 heteroatoms. The molecule has 1 N–H and O–H groups in total. The lowest BCUT2D eigenvalue weighted by Gasteiger charge is -2.17. The minimum absolute atomic E-state index is 0.00843. The summed E-state index contributed by atoms with van der Waals surface area (Å²) < 4.78 is 29.1. The van der Waals surface area contributed by atoms with Crippen molar-refractivity contribution in [2.75, 3.05) is 18.4 Å². The third kappa shape index (κ3) is 4.05. The van der Waals surface area contributed by atoms with Crippen LogP contribution >= 0.6 is 11.6 Å². The number of hydrogen-bond acceptors (Lipinski definition) is 4. The maximum atomic E-state index is 13.2. The van der Waals surface area contributed by atoms with Crippen molar-refractivity contribution in [1.29, 1.82) is 0 Å². The third-order valence-electron chi connectivity index (χ3n) is 5.83. The topological polar surface area (TPSA) is 84.3 Å². The highest BCUT2D eigenvalue weighted by Crippen LogP contribution is 2.40. The smallest absolute Gasteiger partial charge is 0.274 e. The van der Waals surface area contributed by atoms with Crippen molar-refractivity contribution in [1.82, 2.24) is 14.1 Å². The summed E-state index contributed by atoms with van der Waals surface area (Å²) >= 11 is 6.23. The van der Waals surface area contributed by atoms with E-state index in [9.17, 15) is 13.2 Å². The van der Waals surface area contributed by atoms with Crippen LogP contribution in [-0.4, -0.2) is 41.5 Å². The molecule has 1 saturated heterocycles. The molecule has 2 aromatic carbocycles. The second kappa shape index (κ2) is 8.35. The highest BCUT2D eigenvalue weighted by atomic mass is 35.5. The summed E-state index contributed by atoms with van der Waals surface area (Å²) in [5, 5.41) is 7.63. The zero-order valence-corrected chi connectivity index (χ0v) is 18.9. The van der Waals surface area contributed by atoms with E-state index in [0.29, 0.717) is 30.4 Å². The van der Waals surface area contributed by atoms with Gasteiger partial charge in [-0.25, -0.2) is 13.1 Å². The fraction of sp³-hybridized carbons (Fsp3) is 0.304. The standard InChI is InChI=1S/C23H23ClN4O3S/c24-19-11-10-17(14-22(19)32(30,31)27-12-4-5-13-27)25-23(29)21-15-20(16-8-9-16)26-28(21)18-6-2-1-3-7-18/h1-3,6-7,10-11,14-16H,4-5,8-9,12-13H2,(H,25,29). The van der Waals surface area contributed by atoms with Crippen molar-refractivity contribution in [2.45, 2.75) is 36.5 Å². The van der Waals surface area contributed by atoms with E-state index in [1.807, 2.05) is 36.4 Å². The van der Waals surface area contributed by atoms with E-state index in [-0.39, 0.29) is 15.8 Å². The molecule has 5 rings (SSSR count). The van der Waals surface area contributed by atoms with E-state index in [1.165, 1.54) is 16.4 Å². The van der Waals surface area contributed by atoms with Gasteiger partial charge < -0.3 is 5.32 Å². The van der Waals surface area contributed by atoms with Gasteiger partial charge in [-0.1, -0.05) is 29.8 Å². The van der Waals surface area contributed by atoms with E-state index < -0.39 is 10.0 Å². The average molecular weight is 471 g/mol. The van der Waals surface area contributed by atoms with Crippen LogP contribution in [0.4, 0.5) is 5.69 Å². The van der Waals surface area contributed by atoms with Crippen molar-refractivity contribution in [3.63, 3.8) is 0 Å². The zero-order chi connectivity index (χ0) is 22.3. The molecule has 1 saturated carbocycles. The van der Waals surface area contributed by atoms with Crippen LogP contribution in [0.3, 0.4) is 0 Å². The molecule has 1 aliphatic heterocycles. The van der Waals surface area contributed by atoms with Crippen molar-refractivity contribution in [2.24, 2.45) is 0 Å². The van der Waals surface area contributed by atoms with Gasteiger partial charge in [0.15, 0.2) is 0 Å². The van der Waals surface area contributed by atoms with Gasteiger partial charge in [-0.2, -0.15) is 9.40 Å². The normalized spacial score (nSPS) is 16.9. The number of para-hydroxylation sites is 1. The SMILES string of the molecule is O=C(Nc1ccc(Cl)c(S(=O)(=O)N2CCCC2)c1)c1cc(C2CC2)nn1-c1ccccc1. The lowest BCUT2D eigenvalue weighted by molar-refractivity contribution is 0.101. The number of halogens is 1. The number of sulfonamides is 1. The molecule has 0 bridgehead atoms. The van der Waals surface area contributed by atoms with Crippen LogP contribution < -0.4 is 5.32 Å². The second-order valence-corrected chi connectivity index (χ2v) is 10.5. The van der Waals surface area contributed by atoms with Gasteiger partial charge in [0, 0.05) is 24.7 Å². The third-order valence-corrected chi connectivity index (χ3v) is 8.21. The van der Waals surface area contributed by atoms with E-state index in [1.54, 1.807) is 10.7 Å². The van der Waals surface area contributed by atoms with Gasteiger partial charge >= 0.3 is 0 Å². The Morgan fingerprint density at radius 3 is 2.44 bits per heavy atom. The van der Waals surface area contributed by atoms with Crippen LogP contribution in [0.1, 0.15) is 47.8 Å². The summed E-state index contributed by atoms with van der Waals surface area (Å²) in [6, 6.07) is 15.8. The minimum Gasteiger partial charge on any atom is -0.321 e. The number of amides is 1. The predicted octanol–water partition coefficient (Wildman–Crippen LogP) is 4.44. The number of carbonyl (C=O) groups is 1. The van der Waals surface area contributed by atoms with Gasteiger partial charge in [-0.05, 0) is 62.1 Å². The largest absolute Gasteiger partial charge is 0.321 e. The van der Waals surface area contributed by atoms with Gasteiger partial charge in [0.05, 0.1) is 16.4 Å². The molecule has 1 amide bonds. The van der Waals surface area contributed by atoms with E-state index in [2.05, 4.69) is 10.4 Å². The number of rotatable bonds is 6. The van der Waals surface area contributed by atoms with Gasteiger partial charge in [-0.15, -0.1) is 0 Å². The van der Waals surface area contributed by atoms with Crippen molar-refractivity contribution in [3.8, 4) is 5.69 Å². The Balaban J connectivity index is 1.46. The van der Waals surface area contributed by atoms with Crippen LogP contribution in [0, 0.1) is 0 Å². The molecule has 2 heterocycles. The molecule has 166 valence electrons. The summed E-state index contributed by atoms with van der Waals surface area (Å²) in [7, 11) is -3.71. The molecule has 0 spiro atoms. The Hall–Kier alpha value is -2.68. The molecule has 2 aliphatic rings. The van der Waals surface area contributed by atoms with Crippen molar-refractivity contribution < 1.29 is 13.2 Å². The van der Waals surface area contributed by atoms with Crippen LogP contribution in [0.5, 0.6) is 0 Å². The quantitative estimate of drug-likeness (QED) is 0.577. The summed E-state index contributed by atoms with van der Waals surface area (Å²) in [4.78, 5) is 13.2. The number of anilines is 1. The minimum atomic E-state index is -3.71. The monoisotopic (exact) mass is 470 g/mol. The number of nitrogens with one attached hydrogen (secondary N) is 1. The van der Waals surface area contributed by atoms with E-state index >= 15 is 0 Å². The summed E-state index contributed by atoms with van der Waals surface area (Å²) in [5.41, 5.74) is 2.45. The van der Waals surface area contributed by atoms with E-state index in [0.717, 1.165) is 37.1 Å². The Morgan fingerprint density at radius 1 is 1.03 bits per heavy atom. The number of aromatic nitrogens is 2. The maximum absolute atomic E-state index is 13.2. The molecule has 0 atom stereocenters. The first-order valence-electron chi connectivity index (χ1n) is 10.7. The van der Waals surface area contributed by atoms with Crippen molar-refractivity contribution >= 4 is 33.2 Å². The second-order valence-electron chi connectivity index (χ2n) is 8.19. The fourth-order valence-electron chi connectivity index (χ4n) is 3.95. The summed E-state index contributed by atoms with van der Waals surface area (Å²) in [6.07, 6.45) is 3.81. The zero-order valence-electron chi connectivity index (χ0n) is 17.4. The maximum Gasteiger partial charge on any atom is 0.274 e. The summed E-state index contributed by atoms with van der Waals surface area (Å²) in [6.45, 7) is 0.963. The van der Waals surface area contributed by atoms with Gasteiger partial charge in [0.25, 0.3) is 5.91 Å². The molecule has 1 aromatic heterocycles. The molecule has 7 nitrogen and oxygen atoms in total. The molecule has 3 aromatic rings. The van der Waals surface area contributed by atoms with Crippen LogP contribution in [0.2, 0.25) is 5.02 Å². The molecular weight excluding hydrogens is 448 g/mol. The Kier molecular flexibility index (Phi) is 5.53. The first-order valence-corrected chi connectivity index (χ1v) is 12.5. The summed E-state index contributed by atoms with van der Waals surface area (Å²) in [5.74, 6) is 0.0272. The predicted molar refractivity (Wildman–Crippen MR) is 123 cm³/mol. The fourth-order valence-corrected chi connectivity index (χ4v) is 5.96. The number of carbonyl (C=O) groups excluding carboxylic acids is 1. The van der Waals surface area contributed by atoms with E-state index in [4.69, 9.17) is 11.6 Å². The van der Waals surface area contributed by atoms with Gasteiger partial charge in [0.2, 0.25) is 10.0 Å². The highest BCUT2D eigenvalue weighted by molar-refractivity contribution is 7.89. The molecule has 0 unspecified atom stereocenters. The first kappa shape index (κ1) is 21.2.